The Labute approximate surface area is 154 Å². The highest BCUT2D eigenvalue weighted by molar-refractivity contribution is 5.84. The molecule has 2 N–H and O–H groups in total. The molecule has 1 atom stereocenters. The zero-order valence-corrected chi connectivity index (χ0v) is 16.0. The Morgan fingerprint density at radius 1 is 1.23 bits per heavy atom. The maximum atomic E-state index is 12.4. The van der Waals surface area contributed by atoms with Gasteiger partial charge in [-0.05, 0) is 43.7 Å². The maximum absolute atomic E-state index is 12.4. The quantitative estimate of drug-likeness (QED) is 0.760. The lowest BCUT2D eigenvalue weighted by molar-refractivity contribution is -0.121. The number of aryl methyl sites for hydroxylation is 1. The van der Waals surface area contributed by atoms with E-state index in [1.807, 2.05) is 35.8 Å². The van der Waals surface area contributed by atoms with Crippen LogP contribution in [0.2, 0.25) is 0 Å². The van der Waals surface area contributed by atoms with Gasteiger partial charge in [-0.15, -0.1) is 0 Å². The van der Waals surface area contributed by atoms with Gasteiger partial charge < -0.3 is 19.9 Å². The summed E-state index contributed by atoms with van der Waals surface area (Å²) in [6, 6.07) is 9.94. The summed E-state index contributed by atoms with van der Waals surface area (Å²) in [5.41, 5.74) is 2.09. The largest absolute Gasteiger partial charge is 0.450 e. The van der Waals surface area contributed by atoms with Crippen molar-refractivity contribution in [2.45, 2.75) is 46.7 Å². The van der Waals surface area contributed by atoms with Crippen LogP contribution in [0.25, 0.3) is 10.9 Å². The Kier molecular flexibility index (Phi) is 7.06. The molecular formula is C20H29N3O3. The van der Waals surface area contributed by atoms with E-state index < -0.39 is 6.09 Å². The summed E-state index contributed by atoms with van der Waals surface area (Å²) in [6.45, 7) is 8.89. The van der Waals surface area contributed by atoms with Crippen LogP contribution in [0.4, 0.5) is 4.79 Å². The molecule has 0 radical (unpaired) electrons. The van der Waals surface area contributed by atoms with Crippen LogP contribution in [0.15, 0.2) is 30.3 Å². The molecule has 6 heteroatoms. The summed E-state index contributed by atoms with van der Waals surface area (Å²) in [6.07, 6.45) is 0.324. The van der Waals surface area contributed by atoms with Crippen molar-refractivity contribution in [2.24, 2.45) is 5.92 Å². The molecule has 142 valence electrons. The standard InChI is InChI=1S/C20H29N3O3/c1-5-26-20(25)22-17(10-14(2)3)12-21-19(24)13-23-15(4)11-16-8-6-7-9-18(16)23/h6-9,11,14,17H,5,10,12-13H2,1-4H3,(H,21,24)(H,22,25). The van der Waals surface area contributed by atoms with E-state index in [-0.39, 0.29) is 18.5 Å². The minimum absolute atomic E-state index is 0.0751. The van der Waals surface area contributed by atoms with Crippen molar-refractivity contribution >= 4 is 22.9 Å². The average Bonchev–Trinajstić information content (AvgIpc) is 2.88. The van der Waals surface area contributed by atoms with Crippen LogP contribution < -0.4 is 10.6 Å². The smallest absolute Gasteiger partial charge is 0.407 e. The van der Waals surface area contributed by atoms with E-state index in [4.69, 9.17) is 4.74 Å². The fourth-order valence-electron chi connectivity index (χ4n) is 3.10. The fraction of sp³-hybridized carbons (Fsp3) is 0.500. The maximum Gasteiger partial charge on any atom is 0.407 e. The number of hydrogen-bond donors (Lipinski definition) is 2. The van der Waals surface area contributed by atoms with E-state index in [2.05, 4.69) is 30.5 Å². The molecule has 0 bridgehead atoms. The van der Waals surface area contributed by atoms with Gasteiger partial charge in [-0.1, -0.05) is 32.0 Å². The second kappa shape index (κ2) is 9.27. The van der Waals surface area contributed by atoms with Gasteiger partial charge in [0.2, 0.25) is 5.91 Å². The van der Waals surface area contributed by atoms with E-state index >= 15 is 0 Å². The molecule has 0 aliphatic carbocycles. The number of aromatic nitrogens is 1. The van der Waals surface area contributed by atoms with Crippen molar-refractivity contribution in [3.63, 3.8) is 0 Å². The molecule has 1 aromatic heterocycles. The number of ether oxygens (including phenoxy) is 1. The number of carbonyl (C=O) groups is 2. The van der Waals surface area contributed by atoms with Gasteiger partial charge in [0.15, 0.2) is 0 Å². The number of amides is 2. The van der Waals surface area contributed by atoms with Gasteiger partial charge in [0.1, 0.15) is 6.54 Å². The topological polar surface area (TPSA) is 72.4 Å². The highest BCUT2D eigenvalue weighted by Gasteiger charge is 2.16. The highest BCUT2D eigenvalue weighted by atomic mass is 16.5. The van der Waals surface area contributed by atoms with Gasteiger partial charge >= 0.3 is 6.09 Å². The van der Waals surface area contributed by atoms with E-state index in [1.165, 1.54) is 0 Å². The van der Waals surface area contributed by atoms with Crippen molar-refractivity contribution in [1.29, 1.82) is 0 Å². The van der Waals surface area contributed by atoms with Crippen LogP contribution in [-0.4, -0.2) is 35.8 Å². The molecule has 2 amide bonds. The number of fused-ring (bicyclic) bond motifs is 1. The molecule has 26 heavy (non-hydrogen) atoms. The molecular weight excluding hydrogens is 330 g/mol. The van der Waals surface area contributed by atoms with Gasteiger partial charge in [-0.3, -0.25) is 4.79 Å². The lowest BCUT2D eigenvalue weighted by Gasteiger charge is -2.21. The predicted molar refractivity (Wildman–Crippen MR) is 103 cm³/mol. The molecule has 6 nitrogen and oxygen atoms in total. The monoisotopic (exact) mass is 359 g/mol. The Bertz CT molecular complexity index is 752. The first-order valence-electron chi connectivity index (χ1n) is 9.15. The number of rotatable bonds is 8. The van der Waals surface area contributed by atoms with E-state index in [1.54, 1.807) is 6.92 Å². The second-order valence-electron chi connectivity index (χ2n) is 6.93. The number of hydrogen-bond acceptors (Lipinski definition) is 3. The van der Waals surface area contributed by atoms with Crippen LogP contribution in [0.1, 0.15) is 32.9 Å². The summed E-state index contributed by atoms with van der Waals surface area (Å²) in [7, 11) is 0. The first kappa shape index (κ1) is 19.8. The van der Waals surface area contributed by atoms with Crippen LogP contribution >= 0.6 is 0 Å². The molecule has 0 saturated heterocycles. The summed E-state index contributed by atoms with van der Waals surface area (Å²) < 4.78 is 6.94. The van der Waals surface area contributed by atoms with Crippen molar-refractivity contribution in [3.8, 4) is 0 Å². The Balaban J connectivity index is 1.96. The van der Waals surface area contributed by atoms with Crippen LogP contribution in [-0.2, 0) is 16.1 Å². The average molecular weight is 359 g/mol. The molecule has 0 saturated carbocycles. The third-order valence-electron chi connectivity index (χ3n) is 4.22. The van der Waals surface area contributed by atoms with Crippen molar-refractivity contribution < 1.29 is 14.3 Å². The third kappa shape index (κ3) is 5.51. The lowest BCUT2D eigenvalue weighted by atomic mass is 10.0. The summed E-state index contributed by atoms with van der Waals surface area (Å²) in [5.74, 6) is 0.323. The SMILES string of the molecule is CCOC(=O)NC(CNC(=O)Cn1c(C)cc2ccccc21)CC(C)C. The Morgan fingerprint density at radius 3 is 2.65 bits per heavy atom. The van der Waals surface area contributed by atoms with Crippen molar-refractivity contribution in [3.05, 3.63) is 36.0 Å². The number of para-hydroxylation sites is 1. The minimum Gasteiger partial charge on any atom is -0.450 e. The second-order valence-corrected chi connectivity index (χ2v) is 6.93. The highest BCUT2D eigenvalue weighted by Crippen LogP contribution is 2.18. The number of nitrogens with zero attached hydrogens (tertiary/aromatic N) is 1. The van der Waals surface area contributed by atoms with Gasteiger partial charge in [-0.2, -0.15) is 0 Å². The molecule has 0 spiro atoms. The Hall–Kier alpha value is -2.50. The van der Waals surface area contributed by atoms with E-state index in [9.17, 15) is 9.59 Å². The lowest BCUT2D eigenvalue weighted by Crippen LogP contribution is -2.45. The van der Waals surface area contributed by atoms with Crippen LogP contribution in [0.3, 0.4) is 0 Å². The predicted octanol–water partition coefficient (Wildman–Crippen LogP) is 3.23. The molecule has 0 aliphatic rings. The fourth-order valence-corrected chi connectivity index (χ4v) is 3.10. The summed E-state index contributed by atoms with van der Waals surface area (Å²) in [5, 5.41) is 6.88. The number of alkyl carbamates (subject to hydrolysis) is 1. The minimum atomic E-state index is -0.445. The molecule has 1 heterocycles. The van der Waals surface area contributed by atoms with Gasteiger partial charge in [0, 0.05) is 23.8 Å². The van der Waals surface area contributed by atoms with Crippen molar-refractivity contribution in [1.82, 2.24) is 15.2 Å². The van der Waals surface area contributed by atoms with Crippen molar-refractivity contribution in [2.75, 3.05) is 13.2 Å². The summed E-state index contributed by atoms with van der Waals surface area (Å²) in [4.78, 5) is 24.1. The zero-order chi connectivity index (χ0) is 19.1. The molecule has 1 aromatic carbocycles. The third-order valence-corrected chi connectivity index (χ3v) is 4.22. The zero-order valence-electron chi connectivity index (χ0n) is 16.0. The van der Waals surface area contributed by atoms with E-state index in [0.29, 0.717) is 19.1 Å². The number of benzene rings is 1. The van der Waals surface area contributed by atoms with Gasteiger partial charge in [0.05, 0.1) is 6.61 Å². The van der Waals surface area contributed by atoms with Crippen LogP contribution in [0, 0.1) is 12.8 Å². The molecule has 1 unspecified atom stereocenters. The van der Waals surface area contributed by atoms with Gasteiger partial charge in [0.25, 0.3) is 0 Å². The van der Waals surface area contributed by atoms with Crippen LogP contribution in [0.5, 0.6) is 0 Å². The Morgan fingerprint density at radius 2 is 1.96 bits per heavy atom. The number of carbonyl (C=O) groups excluding carboxylic acids is 2. The molecule has 0 aliphatic heterocycles. The number of nitrogens with one attached hydrogen (secondary N) is 2. The van der Waals surface area contributed by atoms with E-state index in [0.717, 1.165) is 23.0 Å². The van der Waals surface area contributed by atoms with Gasteiger partial charge in [-0.25, -0.2) is 4.79 Å². The first-order chi connectivity index (χ1) is 12.4. The molecule has 2 rings (SSSR count). The summed E-state index contributed by atoms with van der Waals surface area (Å²) >= 11 is 0. The molecule has 0 fully saturated rings. The first-order valence-corrected chi connectivity index (χ1v) is 9.15. The normalized spacial score (nSPS) is 12.2. The molecule has 2 aromatic rings.